The molecule has 5 heteroatoms. The van der Waals surface area contributed by atoms with Gasteiger partial charge in [0.05, 0.1) is 17.0 Å². The number of furan rings is 1. The van der Waals surface area contributed by atoms with Crippen LogP contribution in [0.1, 0.15) is 33.0 Å². The molecular formula is C16H17NO3S. The lowest BCUT2D eigenvalue weighted by atomic mass is 10.2. The van der Waals surface area contributed by atoms with E-state index in [4.69, 9.17) is 9.52 Å². The first-order valence-corrected chi connectivity index (χ1v) is 7.46. The van der Waals surface area contributed by atoms with Crippen LogP contribution in [0.4, 0.5) is 0 Å². The van der Waals surface area contributed by atoms with Crippen LogP contribution in [0.2, 0.25) is 0 Å². The molecule has 0 bridgehead atoms. The summed E-state index contributed by atoms with van der Waals surface area (Å²) < 4.78 is 5.16. The van der Waals surface area contributed by atoms with Crippen molar-refractivity contribution in [2.75, 3.05) is 13.7 Å². The van der Waals surface area contributed by atoms with E-state index < -0.39 is 0 Å². The van der Waals surface area contributed by atoms with Gasteiger partial charge in [0.15, 0.2) is 0 Å². The molecular weight excluding hydrogens is 286 g/mol. The summed E-state index contributed by atoms with van der Waals surface area (Å²) in [5, 5.41) is 10.7. The van der Waals surface area contributed by atoms with Gasteiger partial charge in [0, 0.05) is 20.0 Å². The Morgan fingerprint density at radius 1 is 1.48 bits per heavy atom. The predicted octanol–water partition coefficient (Wildman–Crippen LogP) is 2.66. The molecule has 2 heterocycles. The second kappa shape index (κ2) is 7.11. The van der Waals surface area contributed by atoms with Crippen molar-refractivity contribution in [2.45, 2.75) is 19.9 Å². The van der Waals surface area contributed by atoms with Crippen molar-refractivity contribution < 1.29 is 14.3 Å². The average molecular weight is 303 g/mol. The molecule has 0 aliphatic heterocycles. The topological polar surface area (TPSA) is 53.7 Å². The Hall–Kier alpha value is -2.03. The van der Waals surface area contributed by atoms with Gasteiger partial charge in [0.2, 0.25) is 0 Å². The zero-order valence-corrected chi connectivity index (χ0v) is 12.9. The largest absolute Gasteiger partial charge is 0.469 e. The molecule has 2 rings (SSSR count). The third-order valence-electron chi connectivity index (χ3n) is 2.85. The number of aliphatic hydroxyl groups excluding tert-OH is 1. The van der Waals surface area contributed by atoms with Gasteiger partial charge in [-0.15, -0.1) is 11.3 Å². The van der Waals surface area contributed by atoms with Crippen molar-refractivity contribution in [3.05, 3.63) is 45.5 Å². The van der Waals surface area contributed by atoms with Crippen LogP contribution in [-0.2, 0) is 6.54 Å². The fraction of sp³-hybridized carbons (Fsp3) is 0.312. The molecule has 2 aromatic rings. The van der Waals surface area contributed by atoms with Crippen LogP contribution in [0.5, 0.6) is 0 Å². The molecule has 0 saturated carbocycles. The molecule has 110 valence electrons. The third kappa shape index (κ3) is 4.22. The fourth-order valence-corrected chi connectivity index (χ4v) is 2.62. The second-order valence-corrected chi connectivity index (χ2v) is 5.61. The number of carbonyl (C=O) groups is 1. The van der Waals surface area contributed by atoms with E-state index in [1.807, 2.05) is 18.4 Å². The second-order valence-electron chi connectivity index (χ2n) is 4.70. The first kappa shape index (κ1) is 15.4. The number of hydrogen-bond donors (Lipinski definition) is 1. The molecule has 0 radical (unpaired) electrons. The van der Waals surface area contributed by atoms with Crippen molar-refractivity contribution in [3.8, 4) is 11.8 Å². The summed E-state index contributed by atoms with van der Waals surface area (Å²) in [5.41, 5.74) is 1.61. The molecule has 0 spiro atoms. The summed E-state index contributed by atoms with van der Waals surface area (Å²) in [7, 11) is 1.76. The van der Waals surface area contributed by atoms with Crippen LogP contribution in [-0.4, -0.2) is 29.6 Å². The number of thiophene rings is 1. The third-order valence-corrected chi connectivity index (χ3v) is 3.74. The number of aliphatic hydroxyl groups is 1. The molecule has 0 aromatic carbocycles. The molecule has 2 aromatic heterocycles. The Bertz CT molecular complexity index is 675. The molecule has 0 atom stereocenters. The smallest absolute Gasteiger partial charge is 0.257 e. The Balaban J connectivity index is 1.98. The normalized spacial score (nSPS) is 10.0. The summed E-state index contributed by atoms with van der Waals surface area (Å²) in [6, 6.07) is 3.71. The van der Waals surface area contributed by atoms with Crippen molar-refractivity contribution in [2.24, 2.45) is 0 Å². The number of amides is 1. The van der Waals surface area contributed by atoms with Gasteiger partial charge in [-0.1, -0.05) is 11.8 Å². The number of carbonyl (C=O) groups excluding carboxylic acids is 1. The van der Waals surface area contributed by atoms with E-state index in [1.165, 1.54) is 6.26 Å². The average Bonchev–Trinajstić information content (AvgIpc) is 3.07. The quantitative estimate of drug-likeness (QED) is 0.884. The first-order chi connectivity index (χ1) is 10.1. The van der Waals surface area contributed by atoms with Crippen molar-refractivity contribution in [1.29, 1.82) is 0 Å². The Morgan fingerprint density at radius 2 is 2.29 bits per heavy atom. The minimum absolute atomic E-state index is 0.0639. The van der Waals surface area contributed by atoms with E-state index in [1.54, 1.807) is 29.4 Å². The van der Waals surface area contributed by atoms with Gasteiger partial charge in [-0.25, -0.2) is 0 Å². The lowest BCUT2D eigenvalue weighted by Gasteiger charge is -2.15. The van der Waals surface area contributed by atoms with E-state index in [-0.39, 0.29) is 12.5 Å². The van der Waals surface area contributed by atoms with Gasteiger partial charge in [-0.2, -0.15) is 0 Å². The number of nitrogens with zero attached hydrogens (tertiary/aromatic N) is 1. The molecule has 1 N–H and O–H groups in total. The number of rotatable bonds is 4. The summed E-state index contributed by atoms with van der Waals surface area (Å²) >= 11 is 1.54. The summed E-state index contributed by atoms with van der Waals surface area (Å²) in [6.07, 6.45) is 1.96. The van der Waals surface area contributed by atoms with Crippen molar-refractivity contribution in [3.63, 3.8) is 0 Å². The van der Waals surface area contributed by atoms with Crippen molar-refractivity contribution >= 4 is 17.2 Å². The van der Waals surface area contributed by atoms with Crippen LogP contribution >= 0.6 is 11.3 Å². The van der Waals surface area contributed by atoms with E-state index >= 15 is 0 Å². The van der Waals surface area contributed by atoms with Gasteiger partial charge in [0.25, 0.3) is 5.91 Å². The van der Waals surface area contributed by atoms with Crippen LogP contribution in [0.15, 0.2) is 28.2 Å². The standard InChI is InChI=1S/C16H17NO3S/c1-12-7-14(10-20-12)16(19)17(2)9-13-8-15(21-11-13)5-3-4-6-18/h7-8,10-11,18H,4,6,9H2,1-2H3. The van der Waals surface area contributed by atoms with Crippen molar-refractivity contribution in [1.82, 2.24) is 4.90 Å². The molecule has 0 aliphatic carbocycles. The lowest BCUT2D eigenvalue weighted by Crippen LogP contribution is -2.25. The zero-order chi connectivity index (χ0) is 15.2. The number of aryl methyl sites for hydroxylation is 1. The molecule has 0 unspecified atom stereocenters. The highest BCUT2D eigenvalue weighted by Crippen LogP contribution is 2.17. The molecule has 0 fully saturated rings. The van der Waals surface area contributed by atoms with E-state index in [2.05, 4.69) is 11.8 Å². The van der Waals surface area contributed by atoms with Crippen LogP contribution in [0.3, 0.4) is 0 Å². The molecule has 4 nitrogen and oxygen atoms in total. The minimum atomic E-state index is -0.0639. The van der Waals surface area contributed by atoms with Gasteiger partial charge in [0.1, 0.15) is 12.0 Å². The monoisotopic (exact) mass is 303 g/mol. The highest BCUT2D eigenvalue weighted by molar-refractivity contribution is 7.10. The predicted molar refractivity (Wildman–Crippen MR) is 82.1 cm³/mol. The maximum Gasteiger partial charge on any atom is 0.257 e. The summed E-state index contributed by atoms with van der Waals surface area (Å²) in [5.74, 6) is 6.54. The van der Waals surface area contributed by atoms with Gasteiger partial charge >= 0.3 is 0 Å². The molecule has 21 heavy (non-hydrogen) atoms. The van der Waals surface area contributed by atoms with Gasteiger partial charge in [-0.05, 0) is 30.0 Å². The van der Waals surface area contributed by atoms with E-state index in [0.29, 0.717) is 18.5 Å². The summed E-state index contributed by atoms with van der Waals surface area (Å²) in [6.45, 7) is 2.42. The Morgan fingerprint density at radius 3 is 2.95 bits per heavy atom. The Kier molecular flexibility index (Phi) is 5.20. The molecule has 0 saturated heterocycles. The van der Waals surface area contributed by atoms with E-state index in [0.717, 1.165) is 16.2 Å². The first-order valence-electron chi connectivity index (χ1n) is 6.58. The fourth-order valence-electron chi connectivity index (χ4n) is 1.85. The van der Waals surface area contributed by atoms with Crippen LogP contribution in [0.25, 0.3) is 0 Å². The SMILES string of the molecule is Cc1cc(C(=O)N(C)Cc2csc(C#CCCO)c2)co1. The highest BCUT2D eigenvalue weighted by Gasteiger charge is 2.14. The van der Waals surface area contributed by atoms with Gasteiger partial charge < -0.3 is 14.4 Å². The maximum absolute atomic E-state index is 12.2. The van der Waals surface area contributed by atoms with E-state index in [9.17, 15) is 4.79 Å². The highest BCUT2D eigenvalue weighted by atomic mass is 32.1. The van der Waals surface area contributed by atoms with Crippen LogP contribution in [0, 0.1) is 18.8 Å². The molecule has 1 amide bonds. The Labute approximate surface area is 128 Å². The minimum Gasteiger partial charge on any atom is -0.469 e. The van der Waals surface area contributed by atoms with Gasteiger partial charge in [-0.3, -0.25) is 4.79 Å². The molecule has 0 aliphatic rings. The summed E-state index contributed by atoms with van der Waals surface area (Å²) in [4.78, 5) is 14.8. The maximum atomic E-state index is 12.2. The lowest BCUT2D eigenvalue weighted by molar-refractivity contribution is 0.0784. The zero-order valence-electron chi connectivity index (χ0n) is 12.0. The van der Waals surface area contributed by atoms with Crippen LogP contribution < -0.4 is 0 Å². The number of hydrogen-bond acceptors (Lipinski definition) is 4.